The van der Waals surface area contributed by atoms with Gasteiger partial charge in [-0.2, -0.15) is 0 Å². The number of benzene rings is 3. The lowest BCUT2D eigenvalue weighted by atomic mass is 10.1. The van der Waals surface area contributed by atoms with Crippen LogP contribution in [0.2, 0.25) is 0 Å². The number of non-ortho nitro benzene ring substituents is 1. The minimum Gasteiger partial charge on any atom is -0.288 e. The summed E-state index contributed by atoms with van der Waals surface area (Å²) in [7, 11) is 0. The highest BCUT2D eigenvalue weighted by molar-refractivity contribution is 7.24. The highest BCUT2D eigenvalue weighted by Crippen LogP contribution is 2.28. The molecule has 0 unspecified atom stereocenters. The van der Waals surface area contributed by atoms with E-state index in [0.717, 1.165) is 10.6 Å². The Labute approximate surface area is 182 Å². The van der Waals surface area contributed by atoms with E-state index in [1.807, 2.05) is 0 Å². The Morgan fingerprint density at radius 3 is 2.53 bits per heavy atom. The van der Waals surface area contributed by atoms with Gasteiger partial charge in [-0.25, -0.2) is 9.37 Å². The van der Waals surface area contributed by atoms with Gasteiger partial charge in [-0.15, -0.1) is 11.3 Å². The van der Waals surface area contributed by atoms with Crippen LogP contribution in [0.15, 0.2) is 82.4 Å². The first-order chi connectivity index (χ1) is 15.4. The Hall–Kier alpha value is -4.24. The molecule has 0 radical (unpaired) electrons. The van der Waals surface area contributed by atoms with Crippen LogP contribution in [0.1, 0.15) is 0 Å². The second kappa shape index (κ2) is 7.47. The van der Waals surface area contributed by atoms with Gasteiger partial charge in [-0.1, -0.05) is 30.3 Å². The number of rotatable bonds is 3. The average molecular weight is 445 g/mol. The summed E-state index contributed by atoms with van der Waals surface area (Å²) in [5, 5.41) is 11.6. The van der Waals surface area contributed by atoms with Gasteiger partial charge in [-0.3, -0.25) is 24.3 Å². The number of nitro benzene ring substituents is 1. The van der Waals surface area contributed by atoms with Gasteiger partial charge in [0, 0.05) is 27.8 Å². The van der Waals surface area contributed by atoms with Crippen molar-refractivity contribution in [3.05, 3.63) is 109 Å². The molecule has 0 aliphatic rings. The number of hydrogen-bond acceptors (Lipinski definition) is 6. The van der Waals surface area contributed by atoms with Crippen molar-refractivity contribution in [2.75, 3.05) is 0 Å². The van der Waals surface area contributed by atoms with Crippen LogP contribution in [-0.2, 0) is 0 Å². The third kappa shape index (κ3) is 3.15. The van der Waals surface area contributed by atoms with E-state index < -0.39 is 21.7 Å². The van der Waals surface area contributed by atoms with E-state index in [-0.39, 0.29) is 33.0 Å². The summed E-state index contributed by atoms with van der Waals surface area (Å²) in [6.45, 7) is 0. The number of nitrogens with zero attached hydrogens (tertiary/aromatic N) is 3. The van der Waals surface area contributed by atoms with E-state index in [0.29, 0.717) is 10.1 Å². The first-order valence-corrected chi connectivity index (χ1v) is 10.2. The Kier molecular flexibility index (Phi) is 4.60. The van der Waals surface area contributed by atoms with Gasteiger partial charge in [-0.05, 0) is 30.3 Å². The van der Waals surface area contributed by atoms with Crippen LogP contribution >= 0.6 is 11.3 Å². The highest BCUT2D eigenvalue weighted by Gasteiger charge is 2.20. The fourth-order valence-electron chi connectivity index (χ4n) is 3.56. The lowest BCUT2D eigenvalue weighted by Gasteiger charge is -2.14. The molecule has 7 nitrogen and oxygen atoms in total. The van der Waals surface area contributed by atoms with Gasteiger partial charge in [0.15, 0.2) is 0 Å². The van der Waals surface area contributed by atoms with Crippen LogP contribution in [-0.4, -0.2) is 14.5 Å². The van der Waals surface area contributed by atoms with E-state index in [2.05, 4.69) is 4.98 Å². The Morgan fingerprint density at radius 1 is 0.969 bits per heavy atom. The molecule has 9 heteroatoms. The first kappa shape index (κ1) is 19.7. The molecule has 5 rings (SSSR count). The van der Waals surface area contributed by atoms with Crippen LogP contribution in [0.5, 0.6) is 0 Å². The SMILES string of the molecule is O=c1c2ccccc2sc2nc(-c3cccc([N+](=O)[O-])c3)n(-c3cccc(F)c3)c(=O)c12. The molecule has 0 amide bonds. The summed E-state index contributed by atoms with van der Waals surface area (Å²) in [5.74, 6) is -0.508. The van der Waals surface area contributed by atoms with Crippen molar-refractivity contribution >= 4 is 37.3 Å². The monoisotopic (exact) mass is 445 g/mol. The molecule has 0 saturated heterocycles. The molecule has 0 atom stereocenters. The smallest absolute Gasteiger partial charge is 0.271 e. The largest absolute Gasteiger partial charge is 0.288 e. The van der Waals surface area contributed by atoms with Crippen molar-refractivity contribution in [1.29, 1.82) is 0 Å². The lowest BCUT2D eigenvalue weighted by Crippen LogP contribution is -2.26. The van der Waals surface area contributed by atoms with Crippen molar-refractivity contribution in [1.82, 2.24) is 9.55 Å². The fourth-order valence-corrected chi connectivity index (χ4v) is 4.60. The number of aromatic nitrogens is 2. The van der Waals surface area contributed by atoms with Crippen LogP contribution in [0, 0.1) is 15.9 Å². The summed E-state index contributed by atoms with van der Waals surface area (Å²) < 4.78 is 15.8. The van der Waals surface area contributed by atoms with Crippen LogP contribution in [0.3, 0.4) is 0 Å². The molecule has 0 saturated carbocycles. The topological polar surface area (TPSA) is 95.1 Å². The molecular weight excluding hydrogens is 433 g/mol. The zero-order valence-electron chi connectivity index (χ0n) is 16.2. The van der Waals surface area contributed by atoms with Gasteiger partial charge in [0.2, 0.25) is 5.43 Å². The third-order valence-electron chi connectivity index (χ3n) is 5.00. The number of hydrogen-bond donors (Lipinski definition) is 0. The van der Waals surface area contributed by atoms with Gasteiger partial charge in [0.1, 0.15) is 21.9 Å². The molecule has 2 heterocycles. The Morgan fingerprint density at radius 2 is 1.75 bits per heavy atom. The van der Waals surface area contributed by atoms with Crippen molar-refractivity contribution in [3.63, 3.8) is 0 Å². The summed E-state index contributed by atoms with van der Waals surface area (Å²) in [5.41, 5.74) is -0.884. The zero-order chi connectivity index (χ0) is 22.4. The maximum absolute atomic E-state index is 14.0. The molecule has 3 aromatic carbocycles. The molecule has 0 N–H and O–H groups in total. The molecule has 2 aromatic heterocycles. The predicted octanol–water partition coefficient (Wildman–Crippen LogP) is 4.67. The zero-order valence-corrected chi connectivity index (χ0v) is 17.0. The van der Waals surface area contributed by atoms with Gasteiger partial charge < -0.3 is 0 Å². The number of nitro groups is 1. The molecule has 0 aliphatic heterocycles. The van der Waals surface area contributed by atoms with E-state index in [1.54, 1.807) is 30.3 Å². The molecular formula is C23H12FN3O4S. The molecule has 5 aromatic rings. The number of fused-ring (bicyclic) bond motifs is 2. The molecule has 0 fully saturated rings. The summed E-state index contributed by atoms with van der Waals surface area (Å²) >= 11 is 1.17. The van der Waals surface area contributed by atoms with Crippen molar-refractivity contribution in [3.8, 4) is 17.1 Å². The molecule has 156 valence electrons. The summed E-state index contributed by atoms with van der Waals surface area (Å²) in [6.07, 6.45) is 0. The fraction of sp³-hybridized carbons (Fsp3) is 0. The van der Waals surface area contributed by atoms with Gasteiger partial charge >= 0.3 is 0 Å². The van der Waals surface area contributed by atoms with E-state index >= 15 is 0 Å². The van der Waals surface area contributed by atoms with Gasteiger partial charge in [0.05, 0.1) is 10.6 Å². The number of halogens is 1. The first-order valence-electron chi connectivity index (χ1n) is 9.43. The minimum atomic E-state index is -0.672. The van der Waals surface area contributed by atoms with E-state index in [9.17, 15) is 24.1 Å². The van der Waals surface area contributed by atoms with E-state index in [4.69, 9.17) is 0 Å². The predicted molar refractivity (Wildman–Crippen MR) is 121 cm³/mol. The van der Waals surface area contributed by atoms with Crippen LogP contribution in [0.4, 0.5) is 10.1 Å². The average Bonchev–Trinajstić information content (AvgIpc) is 2.79. The standard InChI is InChI=1S/C23H12FN3O4S/c24-14-6-4-7-15(12-14)26-21(13-5-3-8-16(11-13)27(30)31)25-22-19(23(26)29)20(28)17-9-1-2-10-18(17)32-22/h1-12H. The normalized spacial score (nSPS) is 11.2. The summed E-state index contributed by atoms with van der Waals surface area (Å²) in [4.78, 5) is 42.2. The van der Waals surface area contributed by atoms with Crippen LogP contribution < -0.4 is 11.0 Å². The summed E-state index contributed by atoms with van der Waals surface area (Å²) in [6, 6.07) is 17.8. The second-order valence-electron chi connectivity index (χ2n) is 6.97. The minimum absolute atomic E-state index is 0.0720. The molecule has 0 bridgehead atoms. The van der Waals surface area contributed by atoms with Crippen molar-refractivity contribution in [2.45, 2.75) is 0 Å². The second-order valence-corrected chi connectivity index (χ2v) is 8.00. The quantitative estimate of drug-likeness (QED) is 0.228. The lowest BCUT2D eigenvalue weighted by molar-refractivity contribution is -0.384. The Bertz CT molecular complexity index is 1680. The maximum Gasteiger partial charge on any atom is 0.271 e. The maximum atomic E-state index is 14.0. The van der Waals surface area contributed by atoms with Crippen molar-refractivity contribution in [2.24, 2.45) is 0 Å². The molecule has 0 aliphatic carbocycles. The van der Waals surface area contributed by atoms with Gasteiger partial charge in [0.25, 0.3) is 11.2 Å². The third-order valence-corrected chi connectivity index (χ3v) is 6.06. The molecule has 0 spiro atoms. The molecule has 32 heavy (non-hydrogen) atoms. The van der Waals surface area contributed by atoms with Crippen LogP contribution in [0.25, 0.3) is 37.4 Å². The van der Waals surface area contributed by atoms with E-state index in [1.165, 1.54) is 47.7 Å². The van der Waals surface area contributed by atoms with Crippen molar-refractivity contribution < 1.29 is 9.31 Å². The Balaban J connectivity index is 1.96. The highest BCUT2D eigenvalue weighted by atomic mass is 32.1.